The van der Waals surface area contributed by atoms with Crippen molar-refractivity contribution < 1.29 is 0 Å². The molecule has 1 aromatic heterocycles. The number of halogens is 1. The molecular formula is C10H18ClN3. The molecule has 0 saturated heterocycles. The highest BCUT2D eigenvalue weighted by molar-refractivity contribution is 6.16. The summed E-state index contributed by atoms with van der Waals surface area (Å²) in [4.78, 5) is 0. The average Bonchev–Trinajstić information content (AvgIpc) is 2.45. The summed E-state index contributed by atoms with van der Waals surface area (Å²) >= 11 is 5.82. The average molecular weight is 216 g/mol. The van der Waals surface area contributed by atoms with E-state index in [1.54, 1.807) is 0 Å². The summed E-state index contributed by atoms with van der Waals surface area (Å²) in [6.07, 6.45) is 0. The van der Waals surface area contributed by atoms with E-state index in [-0.39, 0.29) is 5.41 Å². The molecule has 0 amide bonds. The van der Waals surface area contributed by atoms with Crippen molar-refractivity contribution in [3.05, 3.63) is 11.6 Å². The Morgan fingerprint density at radius 2 is 1.86 bits per heavy atom. The van der Waals surface area contributed by atoms with Gasteiger partial charge in [0.1, 0.15) is 11.6 Å². The second-order valence-corrected chi connectivity index (χ2v) is 5.05. The maximum Gasteiger partial charge on any atom is 0.148 e. The normalized spacial score (nSPS) is 12.5. The minimum atomic E-state index is 0.0155. The van der Waals surface area contributed by atoms with Gasteiger partial charge in [0.2, 0.25) is 0 Å². The van der Waals surface area contributed by atoms with E-state index in [0.29, 0.717) is 11.9 Å². The third-order valence-electron chi connectivity index (χ3n) is 2.07. The van der Waals surface area contributed by atoms with E-state index < -0.39 is 0 Å². The number of rotatable bonds is 2. The predicted molar refractivity (Wildman–Crippen MR) is 58.7 cm³/mol. The van der Waals surface area contributed by atoms with E-state index in [4.69, 9.17) is 11.6 Å². The van der Waals surface area contributed by atoms with Gasteiger partial charge in [-0.3, -0.25) is 0 Å². The van der Waals surface area contributed by atoms with Gasteiger partial charge in [-0.2, -0.15) is 0 Å². The molecule has 0 aliphatic rings. The first-order chi connectivity index (χ1) is 6.38. The molecule has 0 aliphatic carbocycles. The predicted octanol–water partition coefficient (Wildman–Crippen LogP) is 2.90. The van der Waals surface area contributed by atoms with Gasteiger partial charge in [-0.1, -0.05) is 20.8 Å². The lowest BCUT2D eigenvalue weighted by atomic mass is 9.95. The molecule has 0 bridgehead atoms. The fourth-order valence-corrected chi connectivity index (χ4v) is 1.65. The lowest BCUT2D eigenvalue weighted by molar-refractivity contribution is 0.463. The molecule has 0 unspecified atom stereocenters. The number of hydrogen-bond acceptors (Lipinski definition) is 2. The second-order valence-electron chi connectivity index (χ2n) is 4.79. The van der Waals surface area contributed by atoms with Crippen LogP contribution in [0, 0.1) is 0 Å². The lowest BCUT2D eigenvalue weighted by Gasteiger charge is -2.21. The van der Waals surface area contributed by atoms with Crippen molar-refractivity contribution in [3.63, 3.8) is 0 Å². The van der Waals surface area contributed by atoms with E-state index in [1.807, 2.05) is 0 Å². The van der Waals surface area contributed by atoms with Crippen LogP contribution in [0.25, 0.3) is 0 Å². The van der Waals surface area contributed by atoms with E-state index in [9.17, 15) is 0 Å². The monoisotopic (exact) mass is 215 g/mol. The molecule has 1 aromatic rings. The molecule has 1 rings (SSSR count). The number of hydrogen-bond donors (Lipinski definition) is 0. The van der Waals surface area contributed by atoms with Crippen LogP contribution in [0.4, 0.5) is 0 Å². The van der Waals surface area contributed by atoms with Gasteiger partial charge in [-0.25, -0.2) is 0 Å². The Balaban J connectivity index is 3.25. The lowest BCUT2D eigenvalue weighted by Crippen LogP contribution is -2.21. The molecule has 0 aliphatic heterocycles. The number of alkyl halides is 1. The summed E-state index contributed by atoms with van der Waals surface area (Å²) < 4.78 is 2.12. The molecule has 0 radical (unpaired) electrons. The summed E-state index contributed by atoms with van der Waals surface area (Å²) in [7, 11) is 0. The van der Waals surface area contributed by atoms with Crippen molar-refractivity contribution in [2.24, 2.45) is 0 Å². The minimum Gasteiger partial charge on any atom is -0.311 e. The summed E-state index contributed by atoms with van der Waals surface area (Å²) in [6, 6.07) is 0.355. The van der Waals surface area contributed by atoms with Crippen molar-refractivity contribution in [3.8, 4) is 0 Å². The highest BCUT2D eigenvalue weighted by Crippen LogP contribution is 2.24. The first kappa shape index (κ1) is 11.5. The second kappa shape index (κ2) is 3.89. The van der Waals surface area contributed by atoms with Crippen LogP contribution in [0.3, 0.4) is 0 Å². The van der Waals surface area contributed by atoms with Gasteiger partial charge < -0.3 is 4.57 Å². The Labute approximate surface area is 90.5 Å². The van der Waals surface area contributed by atoms with Gasteiger partial charge >= 0.3 is 0 Å². The van der Waals surface area contributed by atoms with Crippen molar-refractivity contribution in [2.75, 3.05) is 0 Å². The Morgan fingerprint density at radius 1 is 1.29 bits per heavy atom. The van der Waals surface area contributed by atoms with Crippen LogP contribution in [0.2, 0.25) is 0 Å². The molecule has 0 atom stereocenters. The van der Waals surface area contributed by atoms with E-state index in [1.165, 1.54) is 0 Å². The largest absolute Gasteiger partial charge is 0.311 e. The summed E-state index contributed by atoms with van der Waals surface area (Å²) in [5, 5.41) is 8.31. The standard InChI is InChI=1S/C10H18ClN3/c1-7(2)14-8(6-11)12-13-9(14)10(3,4)5/h7H,6H2,1-5H3. The molecule has 0 aromatic carbocycles. The number of nitrogens with zero attached hydrogens (tertiary/aromatic N) is 3. The summed E-state index contributed by atoms with van der Waals surface area (Å²) in [6.45, 7) is 10.6. The molecule has 14 heavy (non-hydrogen) atoms. The Bertz CT molecular complexity index is 310. The quantitative estimate of drug-likeness (QED) is 0.711. The highest BCUT2D eigenvalue weighted by atomic mass is 35.5. The van der Waals surface area contributed by atoms with Gasteiger partial charge in [0.15, 0.2) is 0 Å². The van der Waals surface area contributed by atoms with Crippen LogP contribution in [0.5, 0.6) is 0 Å². The molecule has 0 spiro atoms. The van der Waals surface area contributed by atoms with Crippen LogP contribution >= 0.6 is 11.6 Å². The van der Waals surface area contributed by atoms with Gasteiger partial charge in [0, 0.05) is 11.5 Å². The smallest absolute Gasteiger partial charge is 0.148 e. The molecule has 0 fully saturated rings. The fraction of sp³-hybridized carbons (Fsp3) is 0.800. The maximum absolute atomic E-state index is 5.82. The fourth-order valence-electron chi connectivity index (χ4n) is 1.47. The third-order valence-corrected chi connectivity index (χ3v) is 2.31. The molecule has 3 nitrogen and oxygen atoms in total. The molecule has 80 valence electrons. The van der Waals surface area contributed by atoms with E-state index >= 15 is 0 Å². The first-order valence-electron chi connectivity index (χ1n) is 4.88. The molecule has 4 heteroatoms. The van der Waals surface area contributed by atoms with Crippen molar-refractivity contribution in [1.29, 1.82) is 0 Å². The summed E-state index contributed by atoms with van der Waals surface area (Å²) in [5.41, 5.74) is 0.0155. The minimum absolute atomic E-state index is 0.0155. The molecule has 0 saturated carbocycles. The van der Waals surface area contributed by atoms with Gasteiger partial charge in [0.05, 0.1) is 5.88 Å². The van der Waals surface area contributed by atoms with Crippen LogP contribution in [-0.4, -0.2) is 14.8 Å². The third kappa shape index (κ3) is 2.08. The Kier molecular flexibility index (Phi) is 3.20. The zero-order valence-corrected chi connectivity index (χ0v) is 10.3. The number of aromatic nitrogens is 3. The first-order valence-corrected chi connectivity index (χ1v) is 5.41. The molecule has 0 N–H and O–H groups in total. The molecular weight excluding hydrogens is 198 g/mol. The van der Waals surface area contributed by atoms with Gasteiger partial charge in [0.25, 0.3) is 0 Å². The topological polar surface area (TPSA) is 30.7 Å². The zero-order valence-electron chi connectivity index (χ0n) is 9.50. The van der Waals surface area contributed by atoms with Crippen molar-refractivity contribution in [2.45, 2.75) is 52.0 Å². The Morgan fingerprint density at radius 3 is 2.21 bits per heavy atom. The Hall–Kier alpha value is -0.570. The molecule has 1 heterocycles. The maximum atomic E-state index is 5.82. The van der Waals surface area contributed by atoms with E-state index in [2.05, 4.69) is 49.4 Å². The van der Waals surface area contributed by atoms with Crippen LogP contribution in [0.1, 0.15) is 52.3 Å². The van der Waals surface area contributed by atoms with Crippen LogP contribution < -0.4 is 0 Å². The van der Waals surface area contributed by atoms with Crippen LogP contribution in [-0.2, 0) is 11.3 Å². The van der Waals surface area contributed by atoms with Gasteiger partial charge in [-0.05, 0) is 13.8 Å². The van der Waals surface area contributed by atoms with Crippen molar-refractivity contribution in [1.82, 2.24) is 14.8 Å². The van der Waals surface area contributed by atoms with Crippen LogP contribution in [0.15, 0.2) is 0 Å². The highest BCUT2D eigenvalue weighted by Gasteiger charge is 2.24. The zero-order chi connectivity index (χ0) is 10.9. The van der Waals surface area contributed by atoms with Crippen molar-refractivity contribution >= 4 is 11.6 Å². The summed E-state index contributed by atoms with van der Waals surface area (Å²) in [5.74, 6) is 2.27. The van der Waals surface area contributed by atoms with Gasteiger partial charge in [-0.15, -0.1) is 21.8 Å². The van der Waals surface area contributed by atoms with E-state index in [0.717, 1.165) is 11.6 Å². The SMILES string of the molecule is CC(C)n1c(CCl)nnc1C(C)(C)C.